The molecule has 13 heavy (non-hydrogen) atoms. The Morgan fingerprint density at radius 1 is 1.23 bits per heavy atom. The number of aliphatic hydroxyl groups excluding tert-OH is 1. The summed E-state index contributed by atoms with van der Waals surface area (Å²) in [4.78, 5) is 2.59. The molecule has 0 saturated carbocycles. The Kier molecular flexibility index (Phi) is 4.20. The average Bonchev–Trinajstić information content (AvgIpc) is 2.40. The van der Waals surface area contributed by atoms with E-state index < -0.39 is 0 Å². The topological polar surface area (TPSA) is 23.5 Å². The van der Waals surface area contributed by atoms with E-state index in [4.69, 9.17) is 5.11 Å². The van der Waals surface area contributed by atoms with Gasteiger partial charge in [-0.1, -0.05) is 0 Å². The van der Waals surface area contributed by atoms with Gasteiger partial charge >= 0.3 is 0 Å². The summed E-state index contributed by atoms with van der Waals surface area (Å²) in [6, 6.07) is 0. The Hall–Kier alpha value is -0.0800. The number of aliphatic hydroxyl groups is 1. The lowest BCUT2D eigenvalue weighted by molar-refractivity contribution is 0.169. The van der Waals surface area contributed by atoms with Gasteiger partial charge in [0.05, 0.1) is 0 Å². The van der Waals surface area contributed by atoms with Gasteiger partial charge in [0.2, 0.25) is 0 Å². The molecule has 1 aliphatic heterocycles. The number of hydrogen-bond donors (Lipinski definition) is 1. The minimum atomic E-state index is 0.351. The van der Waals surface area contributed by atoms with Crippen molar-refractivity contribution < 1.29 is 5.11 Å². The molecule has 0 radical (unpaired) electrons. The fraction of sp³-hybridized carbons (Fsp3) is 1.00. The maximum Gasteiger partial charge on any atom is 0.0431 e. The van der Waals surface area contributed by atoms with E-state index in [9.17, 15) is 0 Å². The van der Waals surface area contributed by atoms with Gasteiger partial charge in [0.1, 0.15) is 0 Å². The van der Waals surface area contributed by atoms with Gasteiger partial charge in [-0.15, -0.1) is 0 Å². The van der Waals surface area contributed by atoms with Crippen LogP contribution in [0.2, 0.25) is 0 Å². The van der Waals surface area contributed by atoms with Gasteiger partial charge in [0.25, 0.3) is 0 Å². The molecule has 1 saturated heterocycles. The summed E-state index contributed by atoms with van der Waals surface area (Å²) in [6.45, 7) is 7.51. The zero-order valence-electron chi connectivity index (χ0n) is 9.05. The van der Waals surface area contributed by atoms with E-state index in [1.165, 1.54) is 38.8 Å². The first-order valence-corrected chi connectivity index (χ1v) is 5.53. The molecule has 0 aliphatic carbocycles. The van der Waals surface area contributed by atoms with Crippen molar-refractivity contribution in [1.82, 2.24) is 4.90 Å². The van der Waals surface area contributed by atoms with E-state index in [2.05, 4.69) is 18.7 Å². The second-order valence-electron chi connectivity index (χ2n) is 4.69. The minimum absolute atomic E-state index is 0.351. The highest BCUT2D eigenvalue weighted by Gasteiger charge is 2.30. The van der Waals surface area contributed by atoms with Gasteiger partial charge in [0, 0.05) is 12.1 Å². The van der Waals surface area contributed by atoms with Crippen molar-refractivity contribution in [1.29, 1.82) is 0 Å². The predicted molar refractivity (Wildman–Crippen MR) is 55.8 cm³/mol. The lowest BCUT2D eigenvalue weighted by atomic mass is 10.0. The summed E-state index contributed by atoms with van der Waals surface area (Å²) in [6.07, 6.45) is 6.07. The first-order valence-electron chi connectivity index (χ1n) is 5.53. The summed E-state index contributed by atoms with van der Waals surface area (Å²) in [5.41, 5.74) is 0.430. The molecule has 0 spiro atoms. The largest absolute Gasteiger partial charge is 0.396 e. The lowest BCUT2D eigenvalue weighted by Crippen LogP contribution is -2.38. The van der Waals surface area contributed by atoms with Crippen LogP contribution < -0.4 is 0 Å². The lowest BCUT2D eigenvalue weighted by Gasteiger charge is -2.31. The van der Waals surface area contributed by atoms with Gasteiger partial charge in [-0.05, 0) is 59.0 Å². The van der Waals surface area contributed by atoms with E-state index in [0.717, 1.165) is 6.42 Å². The zero-order chi connectivity index (χ0) is 9.73. The molecule has 2 heteroatoms. The van der Waals surface area contributed by atoms with E-state index in [-0.39, 0.29) is 0 Å². The molecular weight excluding hydrogens is 162 g/mol. The second kappa shape index (κ2) is 4.97. The summed E-state index contributed by atoms with van der Waals surface area (Å²) >= 11 is 0. The smallest absolute Gasteiger partial charge is 0.0431 e. The monoisotopic (exact) mass is 185 g/mol. The standard InChI is InChI=1S/C11H23NO/c1-11(2)7-6-9-12(11)8-4-3-5-10-13/h13H,3-10H2,1-2H3. The fourth-order valence-electron chi connectivity index (χ4n) is 2.17. The van der Waals surface area contributed by atoms with Crippen LogP contribution in [0.15, 0.2) is 0 Å². The number of unbranched alkanes of at least 4 members (excludes halogenated alkanes) is 2. The molecule has 1 N–H and O–H groups in total. The molecule has 0 unspecified atom stereocenters. The Morgan fingerprint density at radius 2 is 2.00 bits per heavy atom. The van der Waals surface area contributed by atoms with Gasteiger partial charge in [-0.3, -0.25) is 4.90 Å². The summed E-state index contributed by atoms with van der Waals surface area (Å²) in [5, 5.41) is 8.65. The Bertz CT molecular complexity index is 145. The molecular formula is C11H23NO. The van der Waals surface area contributed by atoms with Crippen molar-refractivity contribution in [3.05, 3.63) is 0 Å². The van der Waals surface area contributed by atoms with Crippen LogP contribution in [0.4, 0.5) is 0 Å². The van der Waals surface area contributed by atoms with Crippen LogP contribution in [0.25, 0.3) is 0 Å². The molecule has 0 atom stereocenters. The maximum absolute atomic E-state index is 8.65. The van der Waals surface area contributed by atoms with Crippen LogP contribution >= 0.6 is 0 Å². The molecule has 0 aromatic heterocycles. The van der Waals surface area contributed by atoms with Crippen molar-refractivity contribution in [2.75, 3.05) is 19.7 Å². The Morgan fingerprint density at radius 3 is 2.54 bits per heavy atom. The predicted octanol–water partition coefficient (Wildman–Crippen LogP) is 2.02. The third-order valence-corrected chi connectivity index (χ3v) is 3.16. The van der Waals surface area contributed by atoms with Gasteiger partial charge in [-0.25, -0.2) is 0 Å². The van der Waals surface area contributed by atoms with Gasteiger partial charge < -0.3 is 5.11 Å². The molecule has 0 amide bonds. The van der Waals surface area contributed by atoms with Crippen LogP contribution in [0.1, 0.15) is 46.0 Å². The average molecular weight is 185 g/mol. The van der Waals surface area contributed by atoms with Crippen molar-refractivity contribution in [2.24, 2.45) is 0 Å². The second-order valence-corrected chi connectivity index (χ2v) is 4.69. The van der Waals surface area contributed by atoms with Crippen LogP contribution in [0.5, 0.6) is 0 Å². The number of rotatable bonds is 5. The molecule has 1 fully saturated rings. The highest BCUT2D eigenvalue weighted by atomic mass is 16.2. The highest BCUT2D eigenvalue weighted by molar-refractivity contribution is 4.87. The molecule has 1 aliphatic rings. The fourth-order valence-corrected chi connectivity index (χ4v) is 2.17. The maximum atomic E-state index is 8.65. The van der Waals surface area contributed by atoms with Crippen LogP contribution in [-0.4, -0.2) is 35.2 Å². The quantitative estimate of drug-likeness (QED) is 0.662. The highest BCUT2D eigenvalue weighted by Crippen LogP contribution is 2.28. The molecule has 78 valence electrons. The Balaban J connectivity index is 2.14. The van der Waals surface area contributed by atoms with Crippen LogP contribution in [0.3, 0.4) is 0 Å². The van der Waals surface area contributed by atoms with Crippen molar-refractivity contribution in [3.63, 3.8) is 0 Å². The first kappa shape index (κ1) is 11.0. The third kappa shape index (κ3) is 3.28. The van der Waals surface area contributed by atoms with Crippen LogP contribution in [0, 0.1) is 0 Å². The Labute approximate surface area is 81.9 Å². The van der Waals surface area contributed by atoms with Gasteiger partial charge in [0.15, 0.2) is 0 Å². The molecule has 0 aromatic rings. The number of likely N-dealkylation sites (tertiary alicyclic amines) is 1. The van der Waals surface area contributed by atoms with Crippen molar-refractivity contribution in [2.45, 2.75) is 51.5 Å². The van der Waals surface area contributed by atoms with Gasteiger partial charge in [-0.2, -0.15) is 0 Å². The molecule has 0 bridgehead atoms. The van der Waals surface area contributed by atoms with E-state index in [0.29, 0.717) is 12.1 Å². The number of nitrogens with zero attached hydrogens (tertiary/aromatic N) is 1. The normalized spacial score (nSPS) is 22.4. The third-order valence-electron chi connectivity index (χ3n) is 3.16. The molecule has 1 rings (SSSR count). The number of hydrogen-bond acceptors (Lipinski definition) is 2. The first-order chi connectivity index (χ1) is 6.17. The van der Waals surface area contributed by atoms with Crippen molar-refractivity contribution >= 4 is 0 Å². The summed E-state index contributed by atoms with van der Waals surface area (Å²) in [5.74, 6) is 0. The SMILES string of the molecule is CC1(C)CCCN1CCCCCO. The zero-order valence-corrected chi connectivity index (χ0v) is 9.05. The van der Waals surface area contributed by atoms with Crippen molar-refractivity contribution in [3.8, 4) is 0 Å². The molecule has 1 heterocycles. The van der Waals surface area contributed by atoms with E-state index in [1.807, 2.05) is 0 Å². The summed E-state index contributed by atoms with van der Waals surface area (Å²) < 4.78 is 0. The molecule has 2 nitrogen and oxygen atoms in total. The minimum Gasteiger partial charge on any atom is -0.396 e. The van der Waals surface area contributed by atoms with E-state index >= 15 is 0 Å². The summed E-state index contributed by atoms with van der Waals surface area (Å²) in [7, 11) is 0. The van der Waals surface area contributed by atoms with Crippen LogP contribution in [-0.2, 0) is 0 Å². The molecule has 0 aromatic carbocycles. The van der Waals surface area contributed by atoms with E-state index in [1.54, 1.807) is 0 Å².